The van der Waals surface area contributed by atoms with Crippen LogP contribution in [-0.2, 0) is 5.41 Å². The number of halogens is 2. The van der Waals surface area contributed by atoms with Crippen LogP contribution in [0.15, 0.2) is 24.3 Å². The van der Waals surface area contributed by atoms with Gasteiger partial charge in [0, 0.05) is 6.92 Å². The van der Waals surface area contributed by atoms with Crippen molar-refractivity contribution in [3.63, 3.8) is 0 Å². The van der Waals surface area contributed by atoms with Gasteiger partial charge in [-0.15, -0.1) is 0 Å². The van der Waals surface area contributed by atoms with Crippen molar-refractivity contribution < 1.29 is 13.9 Å². The van der Waals surface area contributed by atoms with Crippen LogP contribution in [-0.4, -0.2) is 11.0 Å². The molecule has 0 unspecified atom stereocenters. The molecule has 0 radical (unpaired) electrons. The van der Waals surface area contributed by atoms with Gasteiger partial charge in [-0.1, -0.05) is 31.4 Å². The van der Waals surface area contributed by atoms with E-state index in [0.29, 0.717) is 18.4 Å². The first-order valence-electron chi connectivity index (χ1n) is 6.13. The second kappa shape index (κ2) is 4.28. The van der Waals surface area contributed by atoms with Crippen LogP contribution in [0.2, 0.25) is 0 Å². The third kappa shape index (κ3) is 2.15. The Morgan fingerprint density at radius 1 is 1.06 bits per heavy atom. The second-order valence-electron chi connectivity index (χ2n) is 5.08. The maximum Gasteiger partial charge on any atom is 0.254 e. The Kier molecular flexibility index (Phi) is 3.11. The highest BCUT2D eigenvalue weighted by molar-refractivity contribution is 5.34. The highest BCUT2D eigenvalue weighted by atomic mass is 19.3. The van der Waals surface area contributed by atoms with Crippen LogP contribution >= 0.6 is 0 Å². The van der Waals surface area contributed by atoms with Crippen molar-refractivity contribution in [3.05, 3.63) is 29.8 Å². The third-order valence-corrected chi connectivity index (χ3v) is 3.97. The van der Waals surface area contributed by atoms with Gasteiger partial charge >= 0.3 is 0 Å². The maximum atomic E-state index is 14.0. The van der Waals surface area contributed by atoms with Crippen molar-refractivity contribution in [2.24, 2.45) is 0 Å². The van der Waals surface area contributed by atoms with E-state index in [2.05, 4.69) is 0 Å². The van der Waals surface area contributed by atoms with Crippen LogP contribution in [0, 0.1) is 0 Å². The first-order valence-corrected chi connectivity index (χ1v) is 6.13. The quantitative estimate of drug-likeness (QED) is 0.819. The molecule has 94 valence electrons. The normalized spacial score (nSPS) is 20.2. The molecule has 0 bridgehead atoms. The van der Waals surface area contributed by atoms with E-state index in [9.17, 15) is 13.9 Å². The summed E-state index contributed by atoms with van der Waals surface area (Å²) in [4.78, 5) is 0. The Bertz CT molecular complexity index is 372. The van der Waals surface area contributed by atoms with E-state index in [1.807, 2.05) is 0 Å². The van der Waals surface area contributed by atoms with Gasteiger partial charge in [-0.3, -0.25) is 0 Å². The van der Waals surface area contributed by atoms with Crippen molar-refractivity contribution in [2.45, 2.75) is 50.4 Å². The van der Waals surface area contributed by atoms with E-state index in [1.54, 1.807) is 12.1 Å². The number of hydrogen-bond acceptors (Lipinski definition) is 1. The number of hydrogen-bond donors (Lipinski definition) is 1. The van der Waals surface area contributed by atoms with Gasteiger partial charge in [0.2, 0.25) is 0 Å². The van der Waals surface area contributed by atoms with Gasteiger partial charge in [-0.05, 0) is 30.5 Å². The highest BCUT2D eigenvalue weighted by Crippen LogP contribution is 2.49. The average Bonchev–Trinajstić information content (AvgIpc) is 2.29. The molecular formula is C14H18F2O. The van der Waals surface area contributed by atoms with Gasteiger partial charge in [0.15, 0.2) is 0 Å². The largest absolute Gasteiger partial charge is 0.508 e. The van der Waals surface area contributed by atoms with Crippen molar-refractivity contribution in [1.82, 2.24) is 0 Å². The van der Waals surface area contributed by atoms with Crippen LogP contribution < -0.4 is 0 Å². The highest BCUT2D eigenvalue weighted by Gasteiger charge is 2.51. The molecule has 1 aromatic carbocycles. The number of rotatable bonds is 2. The molecule has 1 N–H and O–H groups in total. The van der Waals surface area contributed by atoms with Crippen molar-refractivity contribution >= 4 is 0 Å². The van der Waals surface area contributed by atoms with Crippen LogP contribution in [0.5, 0.6) is 5.75 Å². The molecule has 1 fully saturated rings. The topological polar surface area (TPSA) is 20.2 Å². The fraction of sp³-hybridized carbons (Fsp3) is 0.571. The molecule has 3 heteroatoms. The molecule has 0 aliphatic heterocycles. The average molecular weight is 240 g/mol. The molecule has 2 rings (SSSR count). The number of phenolic OH excluding ortho intramolecular Hbond substituents is 1. The summed E-state index contributed by atoms with van der Waals surface area (Å²) < 4.78 is 28.0. The third-order valence-electron chi connectivity index (χ3n) is 3.97. The van der Waals surface area contributed by atoms with E-state index in [4.69, 9.17) is 0 Å². The predicted octanol–water partition coefficient (Wildman–Crippen LogP) is 4.25. The van der Waals surface area contributed by atoms with Gasteiger partial charge in [-0.2, -0.15) is 0 Å². The first kappa shape index (κ1) is 12.3. The lowest BCUT2D eigenvalue weighted by atomic mass is 9.66. The van der Waals surface area contributed by atoms with Crippen molar-refractivity contribution in [1.29, 1.82) is 0 Å². The molecule has 0 amide bonds. The second-order valence-corrected chi connectivity index (χ2v) is 5.08. The standard InChI is InChI=1S/C14H18F2O/c1-13(15,16)14(9-3-2-4-10-14)11-5-7-12(17)8-6-11/h5-8,17H,2-4,9-10H2,1H3. The van der Waals surface area contributed by atoms with Gasteiger partial charge in [0.1, 0.15) is 5.75 Å². The van der Waals surface area contributed by atoms with Gasteiger partial charge in [0.05, 0.1) is 5.41 Å². The summed E-state index contributed by atoms with van der Waals surface area (Å²) in [5, 5.41) is 9.25. The fourth-order valence-electron chi connectivity index (χ4n) is 2.92. The van der Waals surface area contributed by atoms with Crippen molar-refractivity contribution in [2.75, 3.05) is 0 Å². The van der Waals surface area contributed by atoms with E-state index in [0.717, 1.165) is 26.2 Å². The van der Waals surface area contributed by atoms with Crippen LogP contribution in [0.3, 0.4) is 0 Å². The fourth-order valence-corrected chi connectivity index (χ4v) is 2.92. The monoisotopic (exact) mass is 240 g/mol. The number of phenols is 1. The lowest BCUT2D eigenvalue weighted by Gasteiger charge is -2.42. The Labute approximate surface area is 100 Å². The molecular weight excluding hydrogens is 222 g/mol. The minimum atomic E-state index is -2.72. The van der Waals surface area contributed by atoms with E-state index in [1.165, 1.54) is 12.1 Å². The summed E-state index contributed by atoms with van der Waals surface area (Å²) in [6.45, 7) is 1.02. The lowest BCUT2D eigenvalue weighted by Crippen LogP contribution is -2.44. The van der Waals surface area contributed by atoms with Gasteiger partial charge in [-0.25, -0.2) is 8.78 Å². The number of alkyl halides is 2. The Hall–Kier alpha value is -1.12. The molecule has 1 aliphatic carbocycles. The molecule has 0 heterocycles. The Morgan fingerprint density at radius 3 is 2.06 bits per heavy atom. The summed E-state index contributed by atoms with van der Waals surface area (Å²) in [7, 11) is 0. The summed E-state index contributed by atoms with van der Waals surface area (Å²) in [5.41, 5.74) is -0.388. The first-order chi connectivity index (χ1) is 7.96. The molecule has 1 nitrogen and oxygen atoms in total. The smallest absolute Gasteiger partial charge is 0.254 e. The molecule has 0 saturated heterocycles. The Morgan fingerprint density at radius 2 is 1.59 bits per heavy atom. The van der Waals surface area contributed by atoms with Gasteiger partial charge in [0.25, 0.3) is 5.92 Å². The van der Waals surface area contributed by atoms with E-state index < -0.39 is 11.3 Å². The predicted molar refractivity (Wildman–Crippen MR) is 63.5 cm³/mol. The summed E-state index contributed by atoms with van der Waals surface area (Å²) >= 11 is 0. The Balaban J connectivity index is 2.43. The molecule has 0 aromatic heterocycles. The zero-order valence-corrected chi connectivity index (χ0v) is 10.0. The SMILES string of the molecule is CC(F)(F)C1(c2ccc(O)cc2)CCCCC1. The summed E-state index contributed by atoms with van der Waals surface area (Å²) in [5.74, 6) is -2.59. The van der Waals surface area contributed by atoms with Gasteiger partial charge < -0.3 is 5.11 Å². The molecule has 1 aromatic rings. The number of benzene rings is 1. The minimum Gasteiger partial charge on any atom is -0.508 e. The van der Waals surface area contributed by atoms with Crippen molar-refractivity contribution in [3.8, 4) is 5.75 Å². The van der Waals surface area contributed by atoms with E-state index in [-0.39, 0.29) is 5.75 Å². The molecule has 0 spiro atoms. The summed E-state index contributed by atoms with van der Waals surface area (Å²) in [6.07, 6.45) is 3.80. The molecule has 1 aliphatic rings. The molecule has 17 heavy (non-hydrogen) atoms. The van der Waals surface area contributed by atoms with Crippen LogP contribution in [0.25, 0.3) is 0 Å². The van der Waals surface area contributed by atoms with E-state index >= 15 is 0 Å². The molecule has 0 atom stereocenters. The minimum absolute atomic E-state index is 0.124. The summed E-state index contributed by atoms with van der Waals surface area (Å²) in [6, 6.07) is 6.27. The number of aromatic hydroxyl groups is 1. The zero-order chi connectivity index (χ0) is 12.5. The zero-order valence-electron chi connectivity index (χ0n) is 10.0. The maximum absolute atomic E-state index is 14.0. The molecule has 1 saturated carbocycles. The van der Waals surface area contributed by atoms with Crippen LogP contribution in [0.4, 0.5) is 8.78 Å². The van der Waals surface area contributed by atoms with Crippen LogP contribution in [0.1, 0.15) is 44.6 Å². The lowest BCUT2D eigenvalue weighted by molar-refractivity contribution is -0.0777.